The number of nitrogens with two attached hydrogens (primary N) is 1. The molecule has 2 aliphatic carbocycles. The number of hydrogen-bond acceptors (Lipinski definition) is 4. The summed E-state index contributed by atoms with van der Waals surface area (Å²) in [5, 5.41) is 8.13. The second-order valence-corrected chi connectivity index (χ2v) is 6.62. The van der Waals surface area contributed by atoms with Crippen LogP contribution in [0.3, 0.4) is 0 Å². The van der Waals surface area contributed by atoms with E-state index in [9.17, 15) is 8.78 Å². The molecule has 7 heteroatoms. The minimum absolute atomic E-state index is 0.0729. The van der Waals surface area contributed by atoms with E-state index >= 15 is 0 Å². The Morgan fingerprint density at radius 2 is 2.17 bits per heavy atom. The van der Waals surface area contributed by atoms with Crippen molar-refractivity contribution in [2.75, 3.05) is 7.11 Å². The largest absolute Gasteiger partial charge is 0.494 e. The highest BCUT2D eigenvalue weighted by atomic mass is 19.2. The third-order valence-electron chi connectivity index (χ3n) is 5.28. The maximum atomic E-state index is 14.2. The topological polar surface area (TPSA) is 66.0 Å². The molecule has 4 rings (SSSR count). The van der Waals surface area contributed by atoms with Crippen molar-refractivity contribution in [1.29, 1.82) is 0 Å². The number of benzene rings is 1. The first-order valence-corrected chi connectivity index (χ1v) is 7.75. The van der Waals surface area contributed by atoms with Crippen LogP contribution in [0.2, 0.25) is 0 Å². The number of hydrogen-bond donors (Lipinski definition) is 1. The van der Waals surface area contributed by atoms with Crippen molar-refractivity contribution in [3.8, 4) is 17.0 Å². The lowest BCUT2D eigenvalue weighted by molar-refractivity contribution is 0.260. The van der Waals surface area contributed by atoms with Gasteiger partial charge in [-0.25, -0.2) is 9.07 Å². The zero-order valence-corrected chi connectivity index (χ0v) is 12.8. The molecule has 2 bridgehead atoms. The predicted octanol–water partition coefficient (Wildman–Crippen LogP) is 2.67. The molecule has 2 aromatic rings. The fourth-order valence-electron chi connectivity index (χ4n) is 4.08. The van der Waals surface area contributed by atoms with E-state index in [0.29, 0.717) is 11.6 Å². The second-order valence-electron chi connectivity index (χ2n) is 6.62. The minimum Gasteiger partial charge on any atom is -0.494 e. The molecular weight excluding hydrogens is 302 g/mol. The van der Waals surface area contributed by atoms with Crippen LogP contribution in [0.1, 0.15) is 31.7 Å². The van der Waals surface area contributed by atoms with Gasteiger partial charge >= 0.3 is 0 Å². The Kier molecular flexibility index (Phi) is 3.16. The van der Waals surface area contributed by atoms with Crippen molar-refractivity contribution in [1.82, 2.24) is 15.0 Å². The number of halogens is 2. The average Bonchev–Trinajstić information content (AvgIpc) is 3.22. The maximum absolute atomic E-state index is 14.2. The number of fused-ring (bicyclic) bond motifs is 2. The zero-order chi connectivity index (χ0) is 16.2. The van der Waals surface area contributed by atoms with Gasteiger partial charge in [0.2, 0.25) is 5.82 Å². The fourth-order valence-corrected chi connectivity index (χ4v) is 4.08. The van der Waals surface area contributed by atoms with Crippen molar-refractivity contribution in [3.63, 3.8) is 0 Å². The van der Waals surface area contributed by atoms with E-state index in [2.05, 4.69) is 10.3 Å². The van der Waals surface area contributed by atoms with Crippen LogP contribution in [0.4, 0.5) is 8.78 Å². The molecule has 2 fully saturated rings. The normalized spacial score (nSPS) is 29.2. The summed E-state index contributed by atoms with van der Waals surface area (Å²) in [6.45, 7) is 0. The molecule has 2 N–H and O–H groups in total. The van der Waals surface area contributed by atoms with Crippen LogP contribution in [0.5, 0.6) is 5.75 Å². The lowest BCUT2D eigenvalue weighted by Crippen LogP contribution is -2.43. The van der Waals surface area contributed by atoms with Gasteiger partial charge in [0.15, 0.2) is 11.6 Å². The third-order valence-corrected chi connectivity index (χ3v) is 5.28. The second kappa shape index (κ2) is 4.99. The zero-order valence-electron chi connectivity index (χ0n) is 12.8. The van der Waals surface area contributed by atoms with Gasteiger partial charge in [-0.3, -0.25) is 0 Å². The number of rotatable bonds is 3. The van der Waals surface area contributed by atoms with Crippen LogP contribution in [-0.2, 0) is 0 Å². The molecule has 0 amide bonds. The first-order chi connectivity index (χ1) is 11.0. The van der Waals surface area contributed by atoms with E-state index in [1.807, 2.05) is 0 Å². The molecule has 2 aliphatic rings. The molecule has 0 saturated heterocycles. The SMILES string of the molecule is COc1ccc(-c2cn([C@@H]3C[C@H]4CC[C@]3(N)C4)nn2)c(F)c1F. The predicted molar refractivity (Wildman–Crippen MR) is 79.8 cm³/mol. The van der Waals surface area contributed by atoms with Crippen molar-refractivity contribution in [3.05, 3.63) is 30.0 Å². The molecule has 1 aromatic heterocycles. The van der Waals surface area contributed by atoms with Gasteiger partial charge in [-0.05, 0) is 43.7 Å². The fraction of sp³-hybridized carbons (Fsp3) is 0.500. The molecule has 0 aliphatic heterocycles. The highest BCUT2D eigenvalue weighted by Crippen LogP contribution is 2.52. The molecule has 0 unspecified atom stereocenters. The Morgan fingerprint density at radius 1 is 1.35 bits per heavy atom. The Bertz CT molecular complexity index is 763. The van der Waals surface area contributed by atoms with E-state index in [1.165, 1.54) is 19.2 Å². The number of ether oxygens (including phenoxy) is 1. The summed E-state index contributed by atoms with van der Waals surface area (Å²) in [5.74, 6) is -1.50. The monoisotopic (exact) mass is 320 g/mol. The van der Waals surface area contributed by atoms with Crippen LogP contribution in [-0.4, -0.2) is 27.6 Å². The van der Waals surface area contributed by atoms with E-state index in [-0.39, 0.29) is 22.9 Å². The van der Waals surface area contributed by atoms with Gasteiger partial charge in [-0.1, -0.05) is 5.21 Å². The molecule has 3 atom stereocenters. The maximum Gasteiger partial charge on any atom is 0.201 e. The first-order valence-electron chi connectivity index (χ1n) is 7.75. The Labute approximate surface area is 132 Å². The summed E-state index contributed by atoms with van der Waals surface area (Å²) >= 11 is 0. The lowest BCUT2D eigenvalue weighted by Gasteiger charge is -2.30. The van der Waals surface area contributed by atoms with Gasteiger partial charge in [0, 0.05) is 11.1 Å². The van der Waals surface area contributed by atoms with Crippen LogP contribution in [0.25, 0.3) is 11.3 Å². The van der Waals surface area contributed by atoms with Crippen molar-refractivity contribution < 1.29 is 13.5 Å². The number of nitrogens with zero attached hydrogens (tertiary/aromatic N) is 3. The van der Waals surface area contributed by atoms with E-state index in [4.69, 9.17) is 10.5 Å². The van der Waals surface area contributed by atoms with Crippen molar-refractivity contribution in [2.45, 2.75) is 37.3 Å². The molecule has 0 spiro atoms. The molecule has 122 valence electrons. The van der Waals surface area contributed by atoms with Crippen LogP contribution in [0.15, 0.2) is 18.3 Å². The highest BCUT2D eigenvalue weighted by molar-refractivity contribution is 5.60. The Morgan fingerprint density at radius 3 is 2.83 bits per heavy atom. The van der Waals surface area contributed by atoms with Crippen molar-refractivity contribution >= 4 is 0 Å². The van der Waals surface area contributed by atoms with Gasteiger partial charge < -0.3 is 10.5 Å². The van der Waals surface area contributed by atoms with Crippen LogP contribution < -0.4 is 10.5 Å². The van der Waals surface area contributed by atoms with Crippen molar-refractivity contribution in [2.24, 2.45) is 11.7 Å². The molecule has 1 heterocycles. The highest BCUT2D eigenvalue weighted by Gasteiger charge is 2.50. The molecular formula is C16H18F2N4O. The Hall–Kier alpha value is -2.02. The third kappa shape index (κ3) is 2.14. The quantitative estimate of drug-likeness (QED) is 0.944. The summed E-state index contributed by atoms with van der Waals surface area (Å²) in [5.41, 5.74) is 6.60. The molecule has 1 aromatic carbocycles. The summed E-state index contributed by atoms with van der Waals surface area (Å²) < 4.78 is 34.5. The summed E-state index contributed by atoms with van der Waals surface area (Å²) in [7, 11) is 1.30. The van der Waals surface area contributed by atoms with Crippen LogP contribution >= 0.6 is 0 Å². The first kappa shape index (κ1) is 14.6. The van der Waals surface area contributed by atoms with Gasteiger partial charge in [-0.15, -0.1) is 5.10 Å². The van der Waals surface area contributed by atoms with E-state index in [1.54, 1.807) is 10.9 Å². The van der Waals surface area contributed by atoms with Crippen LogP contribution in [0, 0.1) is 17.6 Å². The van der Waals surface area contributed by atoms with Gasteiger partial charge in [-0.2, -0.15) is 4.39 Å². The van der Waals surface area contributed by atoms with E-state index < -0.39 is 11.6 Å². The minimum atomic E-state index is -1.02. The molecule has 2 saturated carbocycles. The summed E-state index contributed by atoms with van der Waals surface area (Å²) in [6, 6.07) is 2.91. The van der Waals surface area contributed by atoms with E-state index in [0.717, 1.165) is 25.7 Å². The smallest absolute Gasteiger partial charge is 0.201 e. The Balaban J connectivity index is 1.68. The molecule has 23 heavy (non-hydrogen) atoms. The average molecular weight is 320 g/mol. The van der Waals surface area contributed by atoms with Gasteiger partial charge in [0.1, 0.15) is 5.69 Å². The summed E-state index contributed by atoms with van der Waals surface area (Å²) in [6.07, 6.45) is 5.76. The molecule has 0 radical (unpaired) electrons. The number of methoxy groups -OCH3 is 1. The standard InChI is InChI=1S/C16H18F2N4O/c1-23-12-3-2-10(14(17)15(12)18)11-8-22(21-20-11)13-6-9-4-5-16(13,19)7-9/h2-3,8-9,13H,4-7,19H2,1H3/t9-,13-,16+/m1/s1. The van der Waals surface area contributed by atoms with Gasteiger partial charge in [0.25, 0.3) is 0 Å². The lowest BCUT2D eigenvalue weighted by atomic mass is 9.89. The van der Waals surface area contributed by atoms with Gasteiger partial charge in [0.05, 0.1) is 19.3 Å². The summed E-state index contributed by atoms with van der Waals surface area (Å²) in [4.78, 5) is 0. The molecule has 5 nitrogen and oxygen atoms in total. The number of aromatic nitrogens is 3.